The van der Waals surface area contributed by atoms with Crippen molar-refractivity contribution in [3.8, 4) is 28.2 Å². The van der Waals surface area contributed by atoms with E-state index in [0.717, 1.165) is 11.4 Å². The van der Waals surface area contributed by atoms with E-state index in [4.69, 9.17) is 0 Å². The van der Waals surface area contributed by atoms with Crippen molar-refractivity contribution >= 4 is 11.0 Å². The van der Waals surface area contributed by atoms with Crippen molar-refractivity contribution in [2.75, 3.05) is 0 Å². The van der Waals surface area contributed by atoms with Crippen LogP contribution in [0.1, 0.15) is 16.7 Å². The predicted octanol–water partition coefficient (Wildman–Crippen LogP) is 6.11. The third-order valence-electron chi connectivity index (χ3n) is 6.16. The lowest BCUT2D eigenvalue weighted by molar-refractivity contribution is -0.633. The zero-order valence-corrected chi connectivity index (χ0v) is 18.4. The lowest BCUT2D eigenvalue weighted by atomic mass is 10.0. The van der Waals surface area contributed by atoms with Crippen molar-refractivity contribution in [3.63, 3.8) is 0 Å². The maximum absolute atomic E-state index is 4.44. The van der Waals surface area contributed by atoms with E-state index in [1.807, 2.05) is 12.4 Å². The highest BCUT2D eigenvalue weighted by Gasteiger charge is 2.29. The largest absolute Gasteiger partial charge is 0.296 e. The van der Waals surface area contributed by atoms with Gasteiger partial charge in [-0.2, -0.15) is 4.57 Å². The summed E-state index contributed by atoms with van der Waals surface area (Å²) in [5.41, 5.74) is 11.0. The van der Waals surface area contributed by atoms with Crippen molar-refractivity contribution in [1.29, 1.82) is 0 Å². The SMILES string of the molecule is Cc1ccncc1-c1n(-c2ccc(-c3ccccc3)cc2C)c2c(C)cccc2[n+]1C. The van der Waals surface area contributed by atoms with Crippen LogP contribution in [0.3, 0.4) is 0 Å². The summed E-state index contributed by atoms with van der Waals surface area (Å²) in [6.45, 7) is 6.54. The minimum Gasteiger partial charge on any atom is -0.264 e. The normalized spacial score (nSPS) is 11.2. The number of para-hydroxylation sites is 1. The van der Waals surface area contributed by atoms with E-state index in [-0.39, 0.29) is 0 Å². The third kappa shape index (κ3) is 3.14. The molecule has 0 saturated heterocycles. The zero-order chi connectivity index (χ0) is 21.5. The van der Waals surface area contributed by atoms with Gasteiger partial charge in [0.25, 0.3) is 5.82 Å². The summed E-state index contributed by atoms with van der Waals surface area (Å²) < 4.78 is 4.69. The molecule has 0 N–H and O–H groups in total. The number of hydrogen-bond acceptors (Lipinski definition) is 1. The molecule has 0 aliphatic heterocycles. The van der Waals surface area contributed by atoms with Crippen LogP contribution < -0.4 is 4.57 Å². The lowest BCUT2D eigenvalue weighted by Gasteiger charge is -2.10. The molecule has 0 radical (unpaired) electrons. The van der Waals surface area contributed by atoms with Crippen LogP contribution in [0.25, 0.3) is 39.2 Å². The molecule has 2 aromatic heterocycles. The fourth-order valence-electron chi connectivity index (χ4n) is 4.53. The van der Waals surface area contributed by atoms with Crippen LogP contribution in [-0.2, 0) is 7.05 Å². The second kappa shape index (κ2) is 7.51. The molecule has 2 heterocycles. The monoisotopic (exact) mass is 404 g/mol. The lowest BCUT2D eigenvalue weighted by Crippen LogP contribution is -2.30. The smallest absolute Gasteiger partial charge is 0.264 e. The van der Waals surface area contributed by atoms with E-state index in [1.54, 1.807) is 0 Å². The molecule has 0 saturated carbocycles. The average Bonchev–Trinajstić information content (AvgIpc) is 3.08. The Hall–Kier alpha value is -3.72. The Morgan fingerprint density at radius 3 is 2.29 bits per heavy atom. The summed E-state index contributed by atoms with van der Waals surface area (Å²) in [7, 11) is 2.15. The van der Waals surface area contributed by atoms with E-state index in [2.05, 4.69) is 115 Å². The summed E-state index contributed by atoms with van der Waals surface area (Å²) in [5.74, 6) is 1.14. The van der Waals surface area contributed by atoms with E-state index in [9.17, 15) is 0 Å². The number of fused-ring (bicyclic) bond motifs is 1. The molecule has 5 aromatic rings. The van der Waals surface area contributed by atoms with Gasteiger partial charge in [-0.15, -0.1) is 0 Å². The number of nitrogens with zero attached hydrogens (tertiary/aromatic N) is 3. The van der Waals surface area contributed by atoms with E-state index < -0.39 is 0 Å². The maximum Gasteiger partial charge on any atom is 0.296 e. The number of benzene rings is 3. The zero-order valence-electron chi connectivity index (χ0n) is 18.4. The molecule has 152 valence electrons. The molecule has 0 atom stereocenters. The molecule has 0 unspecified atom stereocenters. The number of rotatable bonds is 3. The molecule has 0 aliphatic carbocycles. The van der Waals surface area contributed by atoms with E-state index in [0.29, 0.717) is 0 Å². The summed E-state index contributed by atoms with van der Waals surface area (Å²) >= 11 is 0. The second-order valence-corrected chi connectivity index (χ2v) is 8.22. The van der Waals surface area contributed by atoms with Crippen LogP contribution in [0, 0.1) is 20.8 Å². The summed E-state index contributed by atoms with van der Waals surface area (Å²) in [4.78, 5) is 4.44. The van der Waals surface area contributed by atoms with Crippen LogP contribution in [0.15, 0.2) is 85.2 Å². The fourth-order valence-corrected chi connectivity index (χ4v) is 4.53. The fraction of sp³-hybridized carbons (Fsp3) is 0.143. The van der Waals surface area contributed by atoms with Gasteiger partial charge in [-0.1, -0.05) is 48.5 Å². The second-order valence-electron chi connectivity index (χ2n) is 8.22. The Labute approximate surface area is 183 Å². The molecule has 0 spiro atoms. The molecule has 3 heteroatoms. The van der Waals surface area contributed by atoms with Crippen molar-refractivity contribution in [2.24, 2.45) is 7.05 Å². The Morgan fingerprint density at radius 1 is 0.742 bits per heavy atom. The average molecular weight is 405 g/mol. The number of aromatic nitrogens is 3. The minimum atomic E-state index is 1.14. The topological polar surface area (TPSA) is 21.7 Å². The molecule has 31 heavy (non-hydrogen) atoms. The van der Waals surface area contributed by atoms with Gasteiger partial charge in [-0.25, -0.2) is 4.57 Å². The summed E-state index contributed by atoms with van der Waals surface area (Å²) in [5, 5.41) is 0. The predicted molar refractivity (Wildman–Crippen MR) is 127 cm³/mol. The molecular weight excluding hydrogens is 378 g/mol. The van der Waals surface area contributed by atoms with E-state index in [1.165, 1.54) is 44.5 Å². The number of hydrogen-bond donors (Lipinski definition) is 0. The van der Waals surface area contributed by atoms with Crippen molar-refractivity contribution in [2.45, 2.75) is 20.8 Å². The Bertz CT molecular complexity index is 1410. The maximum atomic E-state index is 4.44. The molecule has 0 bridgehead atoms. The van der Waals surface area contributed by atoms with Gasteiger partial charge in [-0.05, 0) is 67.3 Å². The highest BCUT2D eigenvalue weighted by Crippen LogP contribution is 2.33. The van der Waals surface area contributed by atoms with Gasteiger partial charge < -0.3 is 0 Å². The van der Waals surface area contributed by atoms with Gasteiger partial charge in [0.2, 0.25) is 0 Å². The first kappa shape index (κ1) is 19.3. The van der Waals surface area contributed by atoms with E-state index >= 15 is 0 Å². The molecule has 0 fully saturated rings. The Morgan fingerprint density at radius 2 is 1.55 bits per heavy atom. The standard InChI is InChI=1S/C28H26N3/c1-19-15-16-29-18-24(19)28-30(4)26-12-8-9-20(2)27(26)31(28)25-14-13-23(17-21(25)3)22-10-6-5-7-11-22/h5-18H,1-4H3/q+1. The van der Waals surface area contributed by atoms with Gasteiger partial charge in [0.1, 0.15) is 5.69 Å². The molecule has 3 nitrogen and oxygen atoms in total. The van der Waals surface area contributed by atoms with Gasteiger partial charge in [0, 0.05) is 18.0 Å². The van der Waals surface area contributed by atoms with Gasteiger partial charge in [0.05, 0.1) is 12.6 Å². The Balaban J connectivity index is 1.83. The molecule has 0 amide bonds. The number of aryl methyl sites for hydroxylation is 4. The van der Waals surface area contributed by atoms with Crippen LogP contribution in [0.4, 0.5) is 0 Å². The van der Waals surface area contributed by atoms with Gasteiger partial charge in [-0.3, -0.25) is 4.98 Å². The highest BCUT2D eigenvalue weighted by atomic mass is 15.2. The first-order valence-electron chi connectivity index (χ1n) is 10.6. The van der Waals surface area contributed by atoms with Crippen molar-refractivity contribution in [3.05, 3.63) is 102 Å². The highest BCUT2D eigenvalue weighted by molar-refractivity contribution is 5.83. The van der Waals surface area contributed by atoms with Crippen LogP contribution in [-0.4, -0.2) is 9.55 Å². The molecular formula is C28H26N3+. The number of pyridine rings is 1. The summed E-state index contributed by atoms with van der Waals surface area (Å²) in [6, 6.07) is 25.9. The van der Waals surface area contributed by atoms with Crippen LogP contribution in [0.2, 0.25) is 0 Å². The Kier molecular flexibility index (Phi) is 4.67. The number of imidazole rings is 1. The van der Waals surface area contributed by atoms with Gasteiger partial charge >= 0.3 is 0 Å². The minimum absolute atomic E-state index is 1.14. The van der Waals surface area contributed by atoms with Crippen molar-refractivity contribution < 1.29 is 4.57 Å². The molecule has 0 aliphatic rings. The van der Waals surface area contributed by atoms with Crippen LogP contribution in [0.5, 0.6) is 0 Å². The van der Waals surface area contributed by atoms with Gasteiger partial charge in [0.15, 0.2) is 11.0 Å². The van der Waals surface area contributed by atoms with Crippen molar-refractivity contribution in [1.82, 2.24) is 9.55 Å². The summed E-state index contributed by atoms with van der Waals surface area (Å²) in [6.07, 6.45) is 3.83. The van der Waals surface area contributed by atoms with Crippen LogP contribution >= 0.6 is 0 Å². The third-order valence-corrected chi connectivity index (χ3v) is 6.16. The molecule has 3 aromatic carbocycles. The molecule has 5 rings (SSSR count). The quantitative estimate of drug-likeness (QED) is 0.333. The first-order chi connectivity index (χ1) is 15.1. The first-order valence-corrected chi connectivity index (χ1v) is 10.6.